The summed E-state index contributed by atoms with van der Waals surface area (Å²) in [5.41, 5.74) is 2.78. The molecule has 0 saturated heterocycles. The van der Waals surface area contributed by atoms with E-state index in [4.69, 9.17) is 0 Å². The molecule has 5 heteroatoms. The van der Waals surface area contributed by atoms with Crippen molar-refractivity contribution in [1.82, 2.24) is 14.7 Å². The van der Waals surface area contributed by atoms with E-state index >= 15 is 0 Å². The molecular weight excluding hydrogens is 318 g/mol. The highest BCUT2D eigenvalue weighted by Gasteiger charge is 2.08. The second-order valence-corrected chi connectivity index (χ2v) is 6.51. The average molecular weight is 335 g/mol. The lowest BCUT2D eigenvalue weighted by molar-refractivity contribution is -0.116. The van der Waals surface area contributed by atoms with Gasteiger partial charge in [-0.3, -0.25) is 9.20 Å². The van der Waals surface area contributed by atoms with E-state index in [1.54, 1.807) is 17.4 Å². The number of fused-ring (bicyclic) bond motifs is 1. The molecule has 1 amide bonds. The standard InChI is InChI=1S/C19H17N3OS/c1-14-13-22-17(15(2)21-19(22)24-14)10-11-18(23)20-12-6-9-16-7-4-3-5-8-16/h3-5,7-8,10-11,13H,12H2,1-2H3,(H,20,23)/b11-10+. The molecule has 2 heterocycles. The molecule has 4 nitrogen and oxygen atoms in total. The van der Waals surface area contributed by atoms with E-state index in [1.165, 1.54) is 11.0 Å². The zero-order valence-corrected chi connectivity index (χ0v) is 14.4. The Morgan fingerprint density at radius 1 is 1.33 bits per heavy atom. The van der Waals surface area contributed by atoms with Crippen molar-refractivity contribution in [3.8, 4) is 11.8 Å². The zero-order valence-electron chi connectivity index (χ0n) is 13.5. The van der Waals surface area contributed by atoms with Crippen LogP contribution in [0.5, 0.6) is 0 Å². The number of aryl methyl sites for hydroxylation is 2. The van der Waals surface area contributed by atoms with Gasteiger partial charge in [-0.25, -0.2) is 4.98 Å². The summed E-state index contributed by atoms with van der Waals surface area (Å²) < 4.78 is 2.01. The number of rotatable bonds is 3. The van der Waals surface area contributed by atoms with Crippen molar-refractivity contribution in [1.29, 1.82) is 0 Å². The van der Waals surface area contributed by atoms with Gasteiger partial charge in [0.1, 0.15) is 0 Å². The van der Waals surface area contributed by atoms with Gasteiger partial charge in [0, 0.05) is 22.7 Å². The third kappa shape index (κ3) is 3.73. The molecule has 2 aromatic heterocycles. The Bertz CT molecular complexity index is 955. The maximum absolute atomic E-state index is 11.9. The number of benzene rings is 1. The van der Waals surface area contributed by atoms with Crippen LogP contribution in [0.3, 0.4) is 0 Å². The van der Waals surface area contributed by atoms with Crippen LogP contribution in [0.1, 0.15) is 21.8 Å². The van der Waals surface area contributed by atoms with Gasteiger partial charge in [0.15, 0.2) is 4.96 Å². The molecular formula is C19H17N3OS. The van der Waals surface area contributed by atoms with Crippen molar-refractivity contribution < 1.29 is 4.79 Å². The average Bonchev–Trinajstić information content (AvgIpc) is 3.05. The number of aromatic nitrogens is 2. The normalized spacial score (nSPS) is 10.8. The minimum absolute atomic E-state index is 0.168. The molecule has 0 aliphatic carbocycles. The van der Waals surface area contributed by atoms with Crippen LogP contribution in [0.15, 0.2) is 42.6 Å². The fourth-order valence-corrected chi connectivity index (χ4v) is 3.17. The van der Waals surface area contributed by atoms with Gasteiger partial charge in [-0.1, -0.05) is 30.0 Å². The maximum Gasteiger partial charge on any atom is 0.244 e. The van der Waals surface area contributed by atoms with E-state index in [0.717, 1.165) is 21.9 Å². The molecule has 1 aromatic carbocycles. The number of hydrogen-bond acceptors (Lipinski definition) is 3. The summed E-state index contributed by atoms with van der Waals surface area (Å²) >= 11 is 1.64. The first kappa shape index (κ1) is 16.0. The Morgan fingerprint density at radius 2 is 2.12 bits per heavy atom. The second-order valence-electron chi connectivity index (χ2n) is 5.30. The summed E-state index contributed by atoms with van der Waals surface area (Å²) in [7, 11) is 0. The molecule has 24 heavy (non-hydrogen) atoms. The number of thiazole rings is 1. The topological polar surface area (TPSA) is 46.4 Å². The highest BCUT2D eigenvalue weighted by Crippen LogP contribution is 2.21. The van der Waals surface area contributed by atoms with Crippen LogP contribution in [0, 0.1) is 25.7 Å². The molecule has 1 N–H and O–H groups in total. The predicted octanol–water partition coefficient (Wildman–Crippen LogP) is 3.19. The Morgan fingerprint density at radius 3 is 2.92 bits per heavy atom. The quantitative estimate of drug-likeness (QED) is 0.590. The monoisotopic (exact) mass is 335 g/mol. The molecule has 0 bridgehead atoms. The van der Waals surface area contributed by atoms with Gasteiger partial charge in [-0.15, -0.1) is 11.3 Å². The first-order valence-electron chi connectivity index (χ1n) is 7.58. The van der Waals surface area contributed by atoms with E-state index < -0.39 is 0 Å². The SMILES string of the molecule is Cc1cn2c(/C=C/C(=O)NCC#Cc3ccccc3)c(C)nc2s1. The lowest BCUT2D eigenvalue weighted by Crippen LogP contribution is -2.21. The van der Waals surface area contributed by atoms with E-state index in [2.05, 4.69) is 22.1 Å². The number of nitrogens with zero attached hydrogens (tertiary/aromatic N) is 2. The van der Waals surface area contributed by atoms with Gasteiger partial charge in [0.25, 0.3) is 0 Å². The molecule has 0 saturated carbocycles. The van der Waals surface area contributed by atoms with E-state index in [-0.39, 0.29) is 5.91 Å². The Hall–Kier alpha value is -2.84. The number of imidazole rings is 1. The Labute approximate surface area is 144 Å². The highest BCUT2D eigenvalue weighted by atomic mass is 32.1. The molecule has 3 rings (SSSR count). The third-order valence-corrected chi connectivity index (χ3v) is 4.31. The summed E-state index contributed by atoms with van der Waals surface area (Å²) in [6, 6.07) is 9.69. The van der Waals surface area contributed by atoms with E-state index in [1.807, 2.05) is 54.8 Å². The summed E-state index contributed by atoms with van der Waals surface area (Å²) in [6.07, 6.45) is 5.35. The Balaban J connectivity index is 1.61. The first-order chi connectivity index (χ1) is 11.6. The van der Waals surface area contributed by atoms with Crippen LogP contribution < -0.4 is 5.32 Å². The van der Waals surface area contributed by atoms with Gasteiger partial charge in [-0.2, -0.15) is 0 Å². The zero-order chi connectivity index (χ0) is 16.9. The minimum Gasteiger partial charge on any atom is -0.342 e. The summed E-state index contributed by atoms with van der Waals surface area (Å²) in [5.74, 6) is 5.77. The summed E-state index contributed by atoms with van der Waals surface area (Å²) in [4.78, 5) is 18.5. The summed E-state index contributed by atoms with van der Waals surface area (Å²) in [5, 5.41) is 2.76. The molecule has 120 valence electrons. The van der Waals surface area contributed by atoms with Crippen LogP contribution in [0.25, 0.3) is 11.0 Å². The molecule has 0 spiro atoms. The molecule has 0 aliphatic heterocycles. The molecule has 0 unspecified atom stereocenters. The van der Waals surface area contributed by atoms with Crippen molar-refractivity contribution in [2.24, 2.45) is 0 Å². The van der Waals surface area contributed by atoms with Crippen molar-refractivity contribution >= 4 is 28.3 Å². The minimum atomic E-state index is -0.168. The van der Waals surface area contributed by atoms with E-state index in [0.29, 0.717) is 6.54 Å². The summed E-state index contributed by atoms with van der Waals surface area (Å²) in [6.45, 7) is 4.30. The molecule has 0 aliphatic rings. The van der Waals surface area contributed by atoms with Crippen molar-refractivity contribution in [2.45, 2.75) is 13.8 Å². The van der Waals surface area contributed by atoms with Crippen LogP contribution in [-0.2, 0) is 4.79 Å². The number of nitrogens with one attached hydrogen (secondary N) is 1. The fourth-order valence-electron chi connectivity index (χ4n) is 2.29. The maximum atomic E-state index is 11.9. The Kier molecular flexibility index (Phi) is 4.78. The largest absolute Gasteiger partial charge is 0.342 e. The van der Waals surface area contributed by atoms with Crippen molar-refractivity contribution in [3.63, 3.8) is 0 Å². The van der Waals surface area contributed by atoms with Gasteiger partial charge < -0.3 is 5.32 Å². The lowest BCUT2D eigenvalue weighted by Gasteiger charge is -1.96. The van der Waals surface area contributed by atoms with Crippen molar-refractivity contribution in [3.05, 3.63) is 64.4 Å². The molecule has 3 aromatic rings. The van der Waals surface area contributed by atoms with Crippen LogP contribution in [0.4, 0.5) is 0 Å². The predicted molar refractivity (Wildman–Crippen MR) is 97.9 cm³/mol. The highest BCUT2D eigenvalue weighted by molar-refractivity contribution is 7.17. The fraction of sp³-hybridized carbons (Fsp3) is 0.158. The van der Waals surface area contributed by atoms with E-state index in [9.17, 15) is 4.79 Å². The molecule has 0 fully saturated rings. The first-order valence-corrected chi connectivity index (χ1v) is 8.40. The third-order valence-electron chi connectivity index (χ3n) is 3.41. The number of carbonyl (C=O) groups excluding carboxylic acids is 1. The lowest BCUT2D eigenvalue weighted by atomic mass is 10.2. The van der Waals surface area contributed by atoms with Crippen LogP contribution >= 0.6 is 11.3 Å². The second kappa shape index (κ2) is 7.16. The van der Waals surface area contributed by atoms with Crippen LogP contribution in [0.2, 0.25) is 0 Å². The van der Waals surface area contributed by atoms with Crippen LogP contribution in [-0.4, -0.2) is 21.8 Å². The van der Waals surface area contributed by atoms with Gasteiger partial charge in [0.2, 0.25) is 5.91 Å². The van der Waals surface area contributed by atoms with Crippen molar-refractivity contribution in [2.75, 3.05) is 6.54 Å². The number of carbonyl (C=O) groups is 1. The molecule has 0 radical (unpaired) electrons. The van der Waals surface area contributed by atoms with Gasteiger partial charge in [-0.05, 0) is 32.1 Å². The smallest absolute Gasteiger partial charge is 0.244 e. The van der Waals surface area contributed by atoms with Gasteiger partial charge >= 0.3 is 0 Å². The van der Waals surface area contributed by atoms with Gasteiger partial charge in [0.05, 0.1) is 17.9 Å². The molecule has 0 atom stereocenters. The number of hydrogen-bond donors (Lipinski definition) is 1. The number of amides is 1.